The lowest BCUT2D eigenvalue weighted by Gasteiger charge is -2.31. The number of ether oxygens (including phenoxy) is 1. The SMILES string of the molecule is CCCNC(=O)[C@@H](C)N(Cc1cccc(Cl)c1)C(=O)CN(c1ccc(OC)cc1)S(C)(=O)=O. The Balaban J connectivity index is 2.36. The highest BCUT2D eigenvalue weighted by Gasteiger charge is 2.30. The number of amides is 2. The Morgan fingerprint density at radius 1 is 1.15 bits per heavy atom. The summed E-state index contributed by atoms with van der Waals surface area (Å²) in [5.41, 5.74) is 1.04. The third kappa shape index (κ3) is 7.64. The van der Waals surface area contributed by atoms with Gasteiger partial charge in [-0.25, -0.2) is 8.42 Å². The van der Waals surface area contributed by atoms with Gasteiger partial charge in [-0.1, -0.05) is 30.7 Å². The smallest absolute Gasteiger partial charge is 0.244 e. The summed E-state index contributed by atoms with van der Waals surface area (Å²) in [6, 6.07) is 12.5. The van der Waals surface area contributed by atoms with Gasteiger partial charge >= 0.3 is 0 Å². The molecule has 0 fully saturated rings. The molecule has 0 aliphatic carbocycles. The van der Waals surface area contributed by atoms with Crippen molar-refractivity contribution in [2.45, 2.75) is 32.9 Å². The highest BCUT2D eigenvalue weighted by molar-refractivity contribution is 7.92. The number of rotatable bonds is 11. The van der Waals surface area contributed by atoms with Crippen molar-refractivity contribution in [3.05, 3.63) is 59.1 Å². The van der Waals surface area contributed by atoms with Gasteiger partial charge in [0.2, 0.25) is 21.8 Å². The largest absolute Gasteiger partial charge is 0.497 e. The van der Waals surface area contributed by atoms with Crippen LogP contribution in [-0.4, -0.2) is 57.6 Å². The molecule has 0 aromatic heterocycles. The zero-order chi connectivity index (χ0) is 24.6. The van der Waals surface area contributed by atoms with E-state index in [1.54, 1.807) is 55.5 Å². The fourth-order valence-corrected chi connectivity index (χ4v) is 4.24. The molecular formula is C23H30ClN3O5S. The predicted octanol–water partition coefficient (Wildman–Crippen LogP) is 3.06. The Bertz CT molecular complexity index is 1060. The van der Waals surface area contributed by atoms with E-state index in [1.165, 1.54) is 12.0 Å². The summed E-state index contributed by atoms with van der Waals surface area (Å²) < 4.78 is 31.2. The van der Waals surface area contributed by atoms with Gasteiger partial charge in [0.05, 0.1) is 19.1 Å². The number of sulfonamides is 1. The molecular weight excluding hydrogens is 466 g/mol. The molecule has 2 aromatic rings. The lowest BCUT2D eigenvalue weighted by Crippen LogP contribution is -2.51. The molecule has 0 aliphatic rings. The van der Waals surface area contributed by atoms with E-state index in [1.807, 2.05) is 6.92 Å². The molecule has 0 unspecified atom stereocenters. The van der Waals surface area contributed by atoms with Gasteiger partial charge < -0.3 is 15.0 Å². The molecule has 2 aromatic carbocycles. The zero-order valence-electron chi connectivity index (χ0n) is 19.2. The highest BCUT2D eigenvalue weighted by atomic mass is 35.5. The summed E-state index contributed by atoms with van der Waals surface area (Å²) in [7, 11) is -2.28. The third-order valence-electron chi connectivity index (χ3n) is 5.00. The van der Waals surface area contributed by atoms with Crippen LogP contribution in [0.1, 0.15) is 25.8 Å². The lowest BCUT2D eigenvalue weighted by atomic mass is 10.1. The molecule has 0 heterocycles. The van der Waals surface area contributed by atoms with Crippen molar-refractivity contribution in [2.24, 2.45) is 0 Å². The highest BCUT2D eigenvalue weighted by Crippen LogP contribution is 2.22. The molecule has 0 aliphatic heterocycles. The van der Waals surface area contributed by atoms with Crippen molar-refractivity contribution in [3.8, 4) is 5.75 Å². The molecule has 8 nitrogen and oxygen atoms in total. The van der Waals surface area contributed by atoms with Gasteiger partial charge in [0.1, 0.15) is 18.3 Å². The van der Waals surface area contributed by atoms with Crippen LogP contribution in [0.15, 0.2) is 48.5 Å². The van der Waals surface area contributed by atoms with Crippen molar-refractivity contribution in [2.75, 3.05) is 30.8 Å². The van der Waals surface area contributed by atoms with Gasteiger partial charge in [-0.3, -0.25) is 13.9 Å². The summed E-state index contributed by atoms with van der Waals surface area (Å²) in [6.07, 6.45) is 1.78. The van der Waals surface area contributed by atoms with Crippen LogP contribution in [0.2, 0.25) is 5.02 Å². The van der Waals surface area contributed by atoms with Crippen LogP contribution in [0.25, 0.3) is 0 Å². The number of anilines is 1. The summed E-state index contributed by atoms with van der Waals surface area (Å²) in [4.78, 5) is 27.4. The van der Waals surface area contributed by atoms with Crippen molar-refractivity contribution in [3.63, 3.8) is 0 Å². The van der Waals surface area contributed by atoms with E-state index in [0.29, 0.717) is 23.0 Å². The standard InChI is InChI=1S/C23H30ClN3O5S/c1-5-13-25-23(29)17(2)26(15-18-7-6-8-19(24)14-18)22(28)16-27(33(4,30)31)20-9-11-21(32-3)12-10-20/h6-12,14,17H,5,13,15-16H2,1-4H3,(H,25,29)/t17-/m1/s1. The van der Waals surface area contributed by atoms with E-state index >= 15 is 0 Å². The van der Waals surface area contributed by atoms with Crippen LogP contribution in [0.4, 0.5) is 5.69 Å². The van der Waals surface area contributed by atoms with Gasteiger partial charge in [-0.15, -0.1) is 0 Å². The second-order valence-corrected chi connectivity index (χ2v) is 9.93. The normalized spacial score (nSPS) is 12.0. The van der Waals surface area contributed by atoms with E-state index in [2.05, 4.69) is 5.32 Å². The maximum atomic E-state index is 13.4. The summed E-state index contributed by atoms with van der Waals surface area (Å²) >= 11 is 6.09. The van der Waals surface area contributed by atoms with E-state index in [-0.39, 0.29) is 12.5 Å². The van der Waals surface area contributed by atoms with Crippen molar-refractivity contribution < 1.29 is 22.7 Å². The fourth-order valence-electron chi connectivity index (χ4n) is 3.17. The van der Waals surface area contributed by atoms with Crippen LogP contribution in [0.3, 0.4) is 0 Å². The first-order valence-corrected chi connectivity index (χ1v) is 12.7. The molecule has 0 spiro atoms. The van der Waals surface area contributed by atoms with Crippen LogP contribution in [0, 0.1) is 0 Å². The molecule has 33 heavy (non-hydrogen) atoms. The number of carbonyl (C=O) groups excluding carboxylic acids is 2. The van der Waals surface area contributed by atoms with E-state index in [9.17, 15) is 18.0 Å². The molecule has 0 radical (unpaired) electrons. The minimum absolute atomic E-state index is 0.0975. The van der Waals surface area contributed by atoms with E-state index < -0.39 is 28.5 Å². The summed E-state index contributed by atoms with van der Waals surface area (Å²) in [5.74, 6) is -0.278. The molecule has 1 atom stereocenters. The summed E-state index contributed by atoms with van der Waals surface area (Å²) in [6.45, 7) is 3.66. The number of halogens is 1. The number of nitrogens with one attached hydrogen (secondary N) is 1. The second kappa shape index (κ2) is 11.9. The number of hydrogen-bond donors (Lipinski definition) is 1. The average Bonchev–Trinajstić information content (AvgIpc) is 2.78. The molecule has 180 valence electrons. The molecule has 2 rings (SSSR count). The van der Waals surface area contributed by atoms with Crippen LogP contribution in [-0.2, 0) is 26.2 Å². The molecule has 0 saturated heterocycles. The van der Waals surface area contributed by atoms with Gasteiger partial charge in [0.25, 0.3) is 0 Å². The number of hydrogen-bond acceptors (Lipinski definition) is 5. The van der Waals surface area contributed by atoms with Crippen molar-refractivity contribution in [1.82, 2.24) is 10.2 Å². The van der Waals surface area contributed by atoms with Crippen LogP contribution >= 0.6 is 11.6 Å². The molecule has 2 amide bonds. The minimum atomic E-state index is -3.78. The van der Waals surface area contributed by atoms with Gasteiger partial charge in [0.15, 0.2) is 0 Å². The van der Waals surface area contributed by atoms with E-state index in [4.69, 9.17) is 16.3 Å². The first-order valence-electron chi connectivity index (χ1n) is 10.5. The molecule has 0 bridgehead atoms. The minimum Gasteiger partial charge on any atom is -0.497 e. The second-order valence-electron chi connectivity index (χ2n) is 7.59. The monoisotopic (exact) mass is 495 g/mol. The van der Waals surface area contributed by atoms with Crippen molar-refractivity contribution >= 4 is 39.1 Å². The molecule has 1 N–H and O–H groups in total. The van der Waals surface area contributed by atoms with Crippen LogP contribution < -0.4 is 14.4 Å². The first kappa shape index (κ1) is 26.5. The Morgan fingerprint density at radius 3 is 2.36 bits per heavy atom. The number of benzene rings is 2. The Hall–Kier alpha value is -2.78. The maximum absolute atomic E-state index is 13.4. The fraction of sp³-hybridized carbons (Fsp3) is 0.391. The Labute approximate surface area is 200 Å². The number of carbonyl (C=O) groups is 2. The predicted molar refractivity (Wildman–Crippen MR) is 130 cm³/mol. The van der Waals surface area contributed by atoms with Gasteiger partial charge in [0, 0.05) is 18.1 Å². The maximum Gasteiger partial charge on any atom is 0.244 e. The number of nitrogens with zero attached hydrogens (tertiary/aromatic N) is 2. The third-order valence-corrected chi connectivity index (χ3v) is 6.37. The zero-order valence-corrected chi connectivity index (χ0v) is 20.8. The topological polar surface area (TPSA) is 96.0 Å². The molecule has 10 heteroatoms. The van der Waals surface area contributed by atoms with Crippen LogP contribution in [0.5, 0.6) is 5.75 Å². The number of methoxy groups -OCH3 is 1. The lowest BCUT2D eigenvalue weighted by molar-refractivity contribution is -0.139. The van der Waals surface area contributed by atoms with Gasteiger partial charge in [-0.2, -0.15) is 0 Å². The quantitative estimate of drug-likeness (QED) is 0.517. The van der Waals surface area contributed by atoms with Gasteiger partial charge in [-0.05, 0) is 55.3 Å². The van der Waals surface area contributed by atoms with Crippen molar-refractivity contribution in [1.29, 1.82) is 0 Å². The summed E-state index contributed by atoms with van der Waals surface area (Å²) in [5, 5.41) is 3.29. The molecule has 0 saturated carbocycles. The van der Waals surface area contributed by atoms with E-state index in [0.717, 1.165) is 22.5 Å². The Kier molecular flexibility index (Phi) is 9.55. The average molecular weight is 496 g/mol. The Morgan fingerprint density at radius 2 is 1.82 bits per heavy atom. The first-order chi connectivity index (χ1) is 15.6.